The van der Waals surface area contributed by atoms with Crippen LogP contribution in [-0.4, -0.2) is 11.0 Å². The first-order valence-corrected chi connectivity index (χ1v) is 5.27. The fourth-order valence-corrected chi connectivity index (χ4v) is 2.05. The molecule has 3 N–H and O–H groups in total. The predicted molar refractivity (Wildman–Crippen MR) is 62.2 cm³/mol. The fraction of sp³-hybridized carbons (Fsp3) is 0.364. The van der Waals surface area contributed by atoms with Crippen LogP contribution in [0.5, 0.6) is 0 Å². The van der Waals surface area contributed by atoms with E-state index in [0.29, 0.717) is 4.99 Å². The van der Waals surface area contributed by atoms with Crippen molar-refractivity contribution in [2.24, 2.45) is 5.73 Å². The summed E-state index contributed by atoms with van der Waals surface area (Å²) in [7, 11) is 0. The normalized spacial score (nSPS) is 21.0. The Labute approximate surface area is 89.5 Å². The standard InChI is InChI=1S/C11H14N2S/c12-11(14)10-6-5-8-3-1-2-4-9(8)7-13-10/h1-4,10,13H,5-7H2,(H2,12,14). The average molecular weight is 206 g/mol. The lowest BCUT2D eigenvalue weighted by Gasteiger charge is -2.12. The highest BCUT2D eigenvalue weighted by atomic mass is 32.1. The molecule has 1 heterocycles. The van der Waals surface area contributed by atoms with Gasteiger partial charge in [0.05, 0.1) is 11.0 Å². The van der Waals surface area contributed by atoms with E-state index in [1.54, 1.807) is 0 Å². The molecular weight excluding hydrogens is 192 g/mol. The summed E-state index contributed by atoms with van der Waals surface area (Å²) in [5.74, 6) is 0. The van der Waals surface area contributed by atoms with Gasteiger partial charge in [-0.2, -0.15) is 0 Å². The van der Waals surface area contributed by atoms with E-state index < -0.39 is 0 Å². The van der Waals surface area contributed by atoms with Crippen molar-refractivity contribution in [3.8, 4) is 0 Å². The molecular formula is C11H14N2S. The zero-order valence-corrected chi connectivity index (χ0v) is 8.81. The molecule has 3 heteroatoms. The summed E-state index contributed by atoms with van der Waals surface area (Å²) in [6, 6.07) is 8.68. The number of fused-ring (bicyclic) bond motifs is 1. The molecule has 1 unspecified atom stereocenters. The van der Waals surface area contributed by atoms with Crippen LogP contribution >= 0.6 is 12.2 Å². The van der Waals surface area contributed by atoms with Crippen molar-refractivity contribution < 1.29 is 0 Å². The van der Waals surface area contributed by atoms with E-state index in [1.165, 1.54) is 11.1 Å². The zero-order chi connectivity index (χ0) is 9.97. The number of hydrogen-bond donors (Lipinski definition) is 2. The molecule has 0 amide bonds. The minimum atomic E-state index is 0.192. The van der Waals surface area contributed by atoms with E-state index >= 15 is 0 Å². The third-order valence-corrected chi connectivity index (χ3v) is 2.99. The average Bonchev–Trinajstić information content (AvgIpc) is 2.39. The molecule has 1 aliphatic heterocycles. The Morgan fingerprint density at radius 3 is 2.79 bits per heavy atom. The van der Waals surface area contributed by atoms with Crippen molar-refractivity contribution in [2.45, 2.75) is 25.4 Å². The van der Waals surface area contributed by atoms with Crippen LogP contribution in [0.15, 0.2) is 24.3 Å². The van der Waals surface area contributed by atoms with Gasteiger partial charge in [-0.05, 0) is 24.0 Å². The lowest BCUT2D eigenvalue weighted by molar-refractivity contribution is 0.607. The molecule has 0 fully saturated rings. The number of thiocarbonyl (C=S) groups is 1. The summed E-state index contributed by atoms with van der Waals surface area (Å²) in [5.41, 5.74) is 8.42. The van der Waals surface area contributed by atoms with Crippen molar-refractivity contribution in [3.05, 3.63) is 35.4 Å². The van der Waals surface area contributed by atoms with Crippen molar-refractivity contribution in [1.82, 2.24) is 5.32 Å². The van der Waals surface area contributed by atoms with Gasteiger partial charge in [0, 0.05) is 6.54 Å². The van der Waals surface area contributed by atoms with Crippen molar-refractivity contribution in [1.29, 1.82) is 0 Å². The maximum atomic E-state index is 5.64. The number of nitrogens with two attached hydrogens (primary N) is 1. The van der Waals surface area contributed by atoms with Crippen LogP contribution in [0.1, 0.15) is 17.5 Å². The minimum Gasteiger partial charge on any atom is -0.392 e. The molecule has 0 spiro atoms. The second-order valence-electron chi connectivity index (χ2n) is 3.64. The van der Waals surface area contributed by atoms with Crippen LogP contribution in [0, 0.1) is 0 Å². The maximum absolute atomic E-state index is 5.64. The number of benzene rings is 1. The summed E-state index contributed by atoms with van der Waals surface area (Å²) in [6.45, 7) is 0.873. The van der Waals surface area contributed by atoms with E-state index in [4.69, 9.17) is 18.0 Å². The van der Waals surface area contributed by atoms with E-state index in [0.717, 1.165) is 19.4 Å². The third-order valence-electron chi connectivity index (χ3n) is 2.70. The van der Waals surface area contributed by atoms with Crippen LogP contribution in [-0.2, 0) is 13.0 Å². The van der Waals surface area contributed by atoms with Gasteiger partial charge in [0.15, 0.2) is 0 Å². The van der Waals surface area contributed by atoms with Gasteiger partial charge < -0.3 is 11.1 Å². The Kier molecular flexibility index (Phi) is 2.79. The highest BCUT2D eigenvalue weighted by Crippen LogP contribution is 2.16. The van der Waals surface area contributed by atoms with Crippen LogP contribution in [0.4, 0.5) is 0 Å². The summed E-state index contributed by atoms with van der Waals surface area (Å²) in [4.78, 5) is 0.581. The van der Waals surface area contributed by atoms with E-state index in [2.05, 4.69) is 29.6 Å². The molecule has 0 saturated carbocycles. The van der Waals surface area contributed by atoms with Gasteiger partial charge in [-0.15, -0.1) is 0 Å². The largest absolute Gasteiger partial charge is 0.392 e. The lowest BCUT2D eigenvalue weighted by atomic mass is 10.0. The molecule has 14 heavy (non-hydrogen) atoms. The number of nitrogens with one attached hydrogen (secondary N) is 1. The molecule has 1 aromatic rings. The highest BCUT2D eigenvalue weighted by Gasteiger charge is 2.16. The summed E-state index contributed by atoms with van der Waals surface area (Å²) >= 11 is 5.00. The molecule has 1 atom stereocenters. The Bertz CT molecular complexity index is 322. The zero-order valence-electron chi connectivity index (χ0n) is 7.99. The van der Waals surface area contributed by atoms with Gasteiger partial charge in [-0.1, -0.05) is 36.5 Å². The van der Waals surface area contributed by atoms with Crippen LogP contribution in [0.3, 0.4) is 0 Å². The molecule has 2 rings (SSSR count). The second kappa shape index (κ2) is 4.07. The molecule has 0 bridgehead atoms. The molecule has 2 nitrogen and oxygen atoms in total. The van der Waals surface area contributed by atoms with Gasteiger partial charge in [-0.3, -0.25) is 0 Å². The van der Waals surface area contributed by atoms with Crippen molar-refractivity contribution >= 4 is 17.2 Å². The van der Waals surface area contributed by atoms with Gasteiger partial charge in [-0.25, -0.2) is 0 Å². The second-order valence-corrected chi connectivity index (χ2v) is 4.11. The Hall–Kier alpha value is -0.930. The Morgan fingerprint density at radius 2 is 2.07 bits per heavy atom. The fourth-order valence-electron chi connectivity index (χ4n) is 1.85. The van der Waals surface area contributed by atoms with Crippen molar-refractivity contribution in [2.75, 3.05) is 0 Å². The molecule has 74 valence electrons. The highest BCUT2D eigenvalue weighted by molar-refractivity contribution is 7.80. The molecule has 0 aromatic heterocycles. The summed E-state index contributed by atoms with van der Waals surface area (Å²) in [6.07, 6.45) is 2.07. The first-order valence-electron chi connectivity index (χ1n) is 4.87. The van der Waals surface area contributed by atoms with Gasteiger partial charge in [0.2, 0.25) is 0 Å². The predicted octanol–water partition coefficient (Wildman–Crippen LogP) is 1.38. The number of rotatable bonds is 1. The van der Waals surface area contributed by atoms with E-state index in [-0.39, 0.29) is 6.04 Å². The third kappa shape index (κ3) is 1.94. The monoisotopic (exact) mass is 206 g/mol. The molecule has 0 radical (unpaired) electrons. The SMILES string of the molecule is NC(=S)C1CCc2ccccc2CN1. The molecule has 1 aliphatic rings. The van der Waals surface area contributed by atoms with Gasteiger partial charge in [0.25, 0.3) is 0 Å². The van der Waals surface area contributed by atoms with E-state index in [1.807, 2.05) is 0 Å². The summed E-state index contributed by atoms with van der Waals surface area (Å²) in [5, 5.41) is 3.37. The first-order chi connectivity index (χ1) is 6.77. The van der Waals surface area contributed by atoms with Crippen LogP contribution in [0.2, 0.25) is 0 Å². The van der Waals surface area contributed by atoms with Crippen LogP contribution in [0.25, 0.3) is 0 Å². The summed E-state index contributed by atoms with van der Waals surface area (Å²) < 4.78 is 0. The molecule has 1 aromatic carbocycles. The Balaban J connectivity index is 2.18. The van der Waals surface area contributed by atoms with Gasteiger partial charge >= 0.3 is 0 Å². The Morgan fingerprint density at radius 1 is 1.36 bits per heavy atom. The smallest absolute Gasteiger partial charge is 0.0900 e. The van der Waals surface area contributed by atoms with E-state index in [9.17, 15) is 0 Å². The number of hydrogen-bond acceptors (Lipinski definition) is 2. The lowest BCUT2D eigenvalue weighted by Crippen LogP contribution is -2.38. The molecule has 0 aliphatic carbocycles. The van der Waals surface area contributed by atoms with Crippen molar-refractivity contribution in [3.63, 3.8) is 0 Å². The number of aryl methyl sites for hydroxylation is 1. The van der Waals surface area contributed by atoms with Crippen LogP contribution < -0.4 is 11.1 Å². The molecule has 0 saturated heterocycles. The first kappa shape index (κ1) is 9.62. The maximum Gasteiger partial charge on any atom is 0.0900 e. The quantitative estimate of drug-likeness (QED) is 0.682. The van der Waals surface area contributed by atoms with Gasteiger partial charge in [0.1, 0.15) is 0 Å². The topological polar surface area (TPSA) is 38.0 Å². The minimum absolute atomic E-state index is 0.192.